The highest BCUT2D eigenvalue weighted by Gasteiger charge is 2.35. The third-order valence-corrected chi connectivity index (χ3v) is 3.39. The second-order valence-corrected chi connectivity index (χ2v) is 4.63. The molecule has 16 heavy (non-hydrogen) atoms. The number of hydrogen-bond acceptors (Lipinski definition) is 0. The molecule has 88 valence electrons. The van der Waals surface area contributed by atoms with Crippen molar-refractivity contribution in [2.75, 3.05) is 0 Å². The van der Waals surface area contributed by atoms with Gasteiger partial charge >= 0.3 is 0 Å². The first-order valence-electron chi connectivity index (χ1n) is 5.62. The van der Waals surface area contributed by atoms with Gasteiger partial charge in [-0.3, -0.25) is 0 Å². The third-order valence-electron chi connectivity index (χ3n) is 3.39. The lowest BCUT2D eigenvalue weighted by molar-refractivity contribution is -0.0382. The molecule has 0 nitrogen and oxygen atoms in total. The summed E-state index contributed by atoms with van der Waals surface area (Å²) >= 11 is 0. The van der Waals surface area contributed by atoms with E-state index in [0.29, 0.717) is 12.8 Å². The van der Waals surface area contributed by atoms with E-state index in [4.69, 9.17) is 0 Å². The van der Waals surface area contributed by atoms with Gasteiger partial charge in [-0.25, -0.2) is 13.2 Å². The summed E-state index contributed by atoms with van der Waals surface area (Å²) in [6.07, 6.45) is 0.905. The van der Waals surface area contributed by atoms with Crippen molar-refractivity contribution in [1.82, 2.24) is 0 Å². The molecule has 1 aliphatic carbocycles. The van der Waals surface area contributed by atoms with Crippen LogP contribution in [-0.2, 0) is 0 Å². The summed E-state index contributed by atoms with van der Waals surface area (Å²) in [4.78, 5) is 0. The maximum atomic E-state index is 13.0. The smallest absolute Gasteiger partial charge is 0.207 e. The molecule has 3 heteroatoms. The van der Waals surface area contributed by atoms with Crippen molar-refractivity contribution < 1.29 is 13.2 Å². The van der Waals surface area contributed by atoms with Gasteiger partial charge in [-0.1, -0.05) is 6.07 Å². The highest BCUT2D eigenvalue weighted by Crippen LogP contribution is 2.41. The minimum absolute atomic E-state index is 0.0471. The van der Waals surface area contributed by atoms with E-state index in [2.05, 4.69) is 0 Å². The van der Waals surface area contributed by atoms with E-state index in [0.717, 1.165) is 11.1 Å². The van der Waals surface area contributed by atoms with Gasteiger partial charge in [0.2, 0.25) is 5.92 Å². The Labute approximate surface area is 93.5 Å². The summed E-state index contributed by atoms with van der Waals surface area (Å²) in [5, 5.41) is 0. The maximum absolute atomic E-state index is 13.0. The van der Waals surface area contributed by atoms with Crippen molar-refractivity contribution >= 4 is 0 Å². The van der Waals surface area contributed by atoms with Gasteiger partial charge in [-0.2, -0.15) is 0 Å². The Hall–Kier alpha value is -0.990. The largest absolute Gasteiger partial charge is 0.248 e. The summed E-state index contributed by atoms with van der Waals surface area (Å²) in [7, 11) is 0. The van der Waals surface area contributed by atoms with Crippen LogP contribution >= 0.6 is 0 Å². The number of hydrogen-bond donors (Lipinski definition) is 0. The number of alkyl halides is 2. The van der Waals surface area contributed by atoms with Gasteiger partial charge in [0.1, 0.15) is 5.82 Å². The van der Waals surface area contributed by atoms with Crippen molar-refractivity contribution in [2.24, 2.45) is 0 Å². The Morgan fingerprint density at radius 1 is 1.19 bits per heavy atom. The van der Waals surface area contributed by atoms with Crippen molar-refractivity contribution in [3.63, 3.8) is 0 Å². The molecule has 1 aromatic rings. The zero-order chi connectivity index (χ0) is 11.8. The van der Waals surface area contributed by atoms with E-state index in [1.54, 1.807) is 6.07 Å². The Morgan fingerprint density at radius 3 is 2.38 bits per heavy atom. The van der Waals surface area contributed by atoms with Crippen molar-refractivity contribution in [3.8, 4) is 0 Å². The van der Waals surface area contributed by atoms with Crippen LogP contribution in [0.4, 0.5) is 13.2 Å². The highest BCUT2D eigenvalue weighted by molar-refractivity contribution is 5.30. The fraction of sp³-hybridized carbons (Fsp3) is 0.538. The Kier molecular flexibility index (Phi) is 2.96. The first-order chi connectivity index (χ1) is 7.48. The van der Waals surface area contributed by atoms with Crippen molar-refractivity contribution in [1.29, 1.82) is 0 Å². The van der Waals surface area contributed by atoms with Crippen LogP contribution in [0.25, 0.3) is 0 Å². The van der Waals surface area contributed by atoms with Gasteiger partial charge in [0, 0.05) is 12.8 Å². The molecule has 0 amide bonds. The second kappa shape index (κ2) is 4.11. The third kappa shape index (κ3) is 2.39. The molecular weight excluding hydrogens is 213 g/mol. The first kappa shape index (κ1) is 11.5. The maximum Gasteiger partial charge on any atom is 0.248 e. The first-order valence-corrected chi connectivity index (χ1v) is 5.62. The molecule has 1 aromatic carbocycles. The Morgan fingerprint density at radius 2 is 1.81 bits per heavy atom. The second-order valence-electron chi connectivity index (χ2n) is 4.63. The summed E-state index contributed by atoms with van der Waals surface area (Å²) < 4.78 is 38.9. The molecule has 0 bridgehead atoms. The van der Waals surface area contributed by atoms with Crippen LogP contribution in [0.5, 0.6) is 0 Å². The van der Waals surface area contributed by atoms with Gasteiger partial charge in [0.05, 0.1) is 0 Å². The normalized spacial score (nSPS) is 21.0. The van der Waals surface area contributed by atoms with E-state index in [9.17, 15) is 13.2 Å². The summed E-state index contributed by atoms with van der Waals surface area (Å²) in [6.45, 7) is 1.84. The topological polar surface area (TPSA) is 0 Å². The van der Waals surface area contributed by atoms with Gasteiger partial charge in [0.25, 0.3) is 0 Å². The van der Waals surface area contributed by atoms with Crippen LogP contribution in [-0.4, -0.2) is 5.92 Å². The lowest BCUT2D eigenvalue weighted by Crippen LogP contribution is -2.23. The Balaban J connectivity index is 2.14. The average molecular weight is 228 g/mol. The summed E-state index contributed by atoms with van der Waals surface area (Å²) in [5.41, 5.74) is 1.90. The van der Waals surface area contributed by atoms with E-state index in [1.807, 2.05) is 6.92 Å². The zero-order valence-corrected chi connectivity index (χ0v) is 9.27. The van der Waals surface area contributed by atoms with Crippen LogP contribution in [0, 0.1) is 12.7 Å². The van der Waals surface area contributed by atoms with E-state index in [1.165, 1.54) is 12.1 Å². The molecule has 0 spiro atoms. The van der Waals surface area contributed by atoms with Crippen LogP contribution in [0.1, 0.15) is 42.7 Å². The summed E-state index contributed by atoms with van der Waals surface area (Å²) in [6, 6.07) is 4.62. The molecule has 0 aliphatic heterocycles. The van der Waals surface area contributed by atoms with Crippen LogP contribution in [0.3, 0.4) is 0 Å². The number of benzene rings is 1. The molecule has 2 rings (SSSR count). The molecule has 1 saturated carbocycles. The molecule has 0 radical (unpaired) electrons. The molecule has 0 aromatic heterocycles. The predicted octanol–water partition coefficient (Wildman–Crippen LogP) is 4.43. The number of halogens is 3. The predicted molar refractivity (Wildman–Crippen MR) is 57.3 cm³/mol. The SMILES string of the molecule is Cc1cc(F)ccc1C1CCC(F)(F)CC1. The lowest BCUT2D eigenvalue weighted by Gasteiger charge is -2.29. The van der Waals surface area contributed by atoms with E-state index < -0.39 is 5.92 Å². The van der Waals surface area contributed by atoms with Gasteiger partial charge in [0.15, 0.2) is 0 Å². The van der Waals surface area contributed by atoms with Crippen molar-refractivity contribution in [2.45, 2.75) is 44.4 Å². The fourth-order valence-electron chi connectivity index (χ4n) is 2.45. The molecule has 0 heterocycles. The standard InChI is InChI=1S/C13H15F3/c1-9-8-11(14)2-3-12(9)10-4-6-13(15,16)7-5-10/h2-3,8,10H,4-7H2,1H3. The van der Waals surface area contributed by atoms with Crippen molar-refractivity contribution in [3.05, 3.63) is 35.1 Å². The van der Waals surface area contributed by atoms with Crippen LogP contribution < -0.4 is 0 Å². The van der Waals surface area contributed by atoms with Gasteiger partial charge in [-0.15, -0.1) is 0 Å². The summed E-state index contributed by atoms with van der Waals surface area (Å²) in [5.74, 6) is -2.59. The van der Waals surface area contributed by atoms with Gasteiger partial charge in [-0.05, 0) is 48.9 Å². The fourth-order valence-corrected chi connectivity index (χ4v) is 2.45. The molecule has 1 aliphatic rings. The monoisotopic (exact) mass is 228 g/mol. The highest BCUT2D eigenvalue weighted by atomic mass is 19.3. The minimum atomic E-state index is -2.50. The molecule has 0 saturated heterocycles. The van der Waals surface area contributed by atoms with E-state index in [-0.39, 0.29) is 24.6 Å². The quantitative estimate of drug-likeness (QED) is 0.667. The molecule has 0 N–H and O–H groups in total. The number of aryl methyl sites for hydroxylation is 1. The molecule has 0 unspecified atom stereocenters. The lowest BCUT2D eigenvalue weighted by atomic mass is 9.81. The average Bonchev–Trinajstić information content (AvgIpc) is 2.19. The molecule has 1 fully saturated rings. The molecule has 0 atom stereocenters. The van der Waals surface area contributed by atoms with Crippen LogP contribution in [0.15, 0.2) is 18.2 Å². The van der Waals surface area contributed by atoms with Crippen LogP contribution in [0.2, 0.25) is 0 Å². The van der Waals surface area contributed by atoms with Gasteiger partial charge < -0.3 is 0 Å². The Bertz CT molecular complexity index is 375. The zero-order valence-electron chi connectivity index (χ0n) is 9.27. The van der Waals surface area contributed by atoms with E-state index >= 15 is 0 Å². The minimum Gasteiger partial charge on any atom is -0.207 e. The number of rotatable bonds is 1. The molecular formula is C13H15F3.